The Balaban J connectivity index is 0.961. The molecule has 12 aromatic rings. The van der Waals surface area contributed by atoms with Gasteiger partial charge in [-0.25, -0.2) is 15.0 Å². The SMILES string of the molecule is c1ccc(-c2nc(-c3ccccc3)nc(-c3ccc4c(c3)sc3cccc(-c5ccc6c(c5)sc5ccc(-n7c8ccccc8c8ccccc87)cc56)c34)n2)cc1. The summed E-state index contributed by atoms with van der Waals surface area (Å²) < 4.78 is 7.46. The van der Waals surface area contributed by atoms with Gasteiger partial charge in [0, 0.05) is 73.5 Å². The number of nitrogens with zero attached hydrogens (tertiary/aromatic N) is 4. The summed E-state index contributed by atoms with van der Waals surface area (Å²) in [5.74, 6) is 1.99. The Bertz CT molecular complexity index is 3410. The smallest absolute Gasteiger partial charge is 0.164 e. The van der Waals surface area contributed by atoms with E-state index in [9.17, 15) is 0 Å². The van der Waals surface area contributed by atoms with Crippen LogP contribution in [0, 0.1) is 0 Å². The van der Waals surface area contributed by atoms with Crippen LogP contribution in [0.5, 0.6) is 0 Å². The Labute approximate surface area is 335 Å². The van der Waals surface area contributed by atoms with Crippen molar-refractivity contribution < 1.29 is 0 Å². The third-order valence-corrected chi connectivity index (χ3v) is 13.3. The maximum Gasteiger partial charge on any atom is 0.164 e. The van der Waals surface area contributed by atoms with Crippen LogP contribution in [0.2, 0.25) is 0 Å². The van der Waals surface area contributed by atoms with Gasteiger partial charge in [0.25, 0.3) is 0 Å². The molecule has 0 aliphatic carbocycles. The lowest BCUT2D eigenvalue weighted by atomic mass is 9.98. The second-order valence-electron chi connectivity index (χ2n) is 14.4. The summed E-state index contributed by atoms with van der Waals surface area (Å²) in [5.41, 5.74) is 9.01. The molecule has 0 bridgehead atoms. The van der Waals surface area contributed by atoms with Gasteiger partial charge in [-0.15, -0.1) is 22.7 Å². The second-order valence-corrected chi connectivity index (χ2v) is 16.6. The summed E-state index contributed by atoms with van der Waals surface area (Å²) in [6, 6.07) is 65.0. The number of fused-ring (bicyclic) bond motifs is 9. The van der Waals surface area contributed by atoms with Crippen LogP contribution >= 0.6 is 22.7 Å². The standard InChI is InChI=1S/C51H30N4S2/c1-3-12-31(13-4-1)49-52-50(32-14-5-2-6-15-32)54-51(53-49)34-23-26-40-47(29-34)57-45-21-11-18-36(48(40)45)33-22-25-39-41-30-35(24-27-44(41)56-46(39)28-33)55-42-19-9-7-16-37(42)38-17-8-10-20-43(38)55/h1-30H. The van der Waals surface area contributed by atoms with Gasteiger partial charge in [-0.1, -0.05) is 133 Å². The first-order chi connectivity index (χ1) is 28.2. The van der Waals surface area contributed by atoms with E-state index >= 15 is 0 Å². The summed E-state index contributed by atoms with van der Waals surface area (Å²) in [6.45, 7) is 0. The number of para-hydroxylation sites is 2. The molecular formula is C51H30N4S2. The van der Waals surface area contributed by atoms with Crippen LogP contribution in [-0.2, 0) is 0 Å². The first kappa shape index (κ1) is 32.3. The molecule has 12 rings (SSSR count). The Hall–Kier alpha value is -6.99. The van der Waals surface area contributed by atoms with Gasteiger partial charge in [-0.2, -0.15) is 0 Å². The van der Waals surface area contributed by atoms with E-state index in [0.717, 1.165) is 16.7 Å². The number of hydrogen-bond donors (Lipinski definition) is 0. The van der Waals surface area contributed by atoms with Crippen molar-refractivity contribution in [3.8, 4) is 51.0 Å². The maximum absolute atomic E-state index is 5.00. The molecule has 266 valence electrons. The normalized spacial score (nSPS) is 11.9. The quantitative estimate of drug-likeness (QED) is 0.175. The van der Waals surface area contributed by atoms with Gasteiger partial charge in [0.05, 0.1) is 11.0 Å². The molecule has 8 aromatic carbocycles. The maximum atomic E-state index is 5.00. The topological polar surface area (TPSA) is 43.6 Å². The summed E-state index contributed by atoms with van der Waals surface area (Å²) in [6.07, 6.45) is 0. The minimum absolute atomic E-state index is 0.665. The monoisotopic (exact) mass is 762 g/mol. The van der Waals surface area contributed by atoms with E-state index in [0.29, 0.717) is 17.5 Å². The second kappa shape index (κ2) is 12.8. The molecule has 0 N–H and O–H groups in total. The van der Waals surface area contributed by atoms with Gasteiger partial charge in [0.1, 0.15) is 0 Å². The molecule has 0 amide bonds. The van der Waals surface area contributed by atoms with Crippen LogP contribution in [-0.4, -0.2) is 19.5 Å². The molecule has 0 aliphatic rings. The van der Waals surface area contributed by atoms with E-state index in [1.807, 2.05) is 83.3 Å². The van der Waals surface area contributed by atoms with Crippen LogP contribution in [0.15, 0.2) is 182 Å². The fourth-order valence-electron chi connectivity index (χ4n) is 8.42. The molecule has 0 saturated carbocycles. The van der Waals surface area contributed by atoms with Gasteiger partial charge >= 0.3 is 0 Å². The number of hydrogen-bond acceptors (Lipinski definition) is 5. The van der Waals surface area contributed by atoms with Gasteiger partial charge in [0.15, 0.2) is 17.5 Å². The van der Waals surface area contributed by atoms with Crippen LogP contribution in [0.4, 0.5) is 0 Å². The molecule has 0 unspecified atom stereocenters. The minimum Gasteiger partial charge on any atom is -0.309 e. The Morgan fingerprint density at radius 2 is 0.895 bits per heavy atom. The number of benzene rings is 8. The van der Waals surface area contributed by atoms with Crippen molar-refractivity contribution in [1.29, 1.82) is 0 Å². The van der Waals surface area contributed by atoms with Crippen LogP contribution in [0.1, 0.15) is 0 Å². The van der Waals surface area contributed by atoms with E-state index in [2.05, 4.69) is 126 Å². The minimum atomic E-state index is 0.665. The lowest BCUT2D eigenvalue weighted by Crippen LogP contribution is -1.99. The van der Waals surface area contributed by atoms with Crippen molar-refractivity contribution in [2.75, 3.05) is 0 Å². The Morgan fingerprint density at radius 1 is 0.333 bits per heavy atom. The lowest BCUT2D eigenvalue weighted by molar-refractivity contribution is 1.07. The molecule has 4 heterocycles. The van der Waals surface area contributed by atoms with Crippen molar-refractivity contribution >= 4 is 84.8 Å². The average molecular weight is 763 g/mol. The first-order valence-corrected chi connectivity index (χ1v) is 20.6. The highest BCUT2D eigenvalue weighted by Gasteiger charge is 2.18. The fourth-order valence-corrected chi connectivity index (χ4v) is 10.7. The van der Waals surface area contributed by atoms with Gasteiger partial charge in [-0.3, -0.25) is 0 Å². The van der Waals surface area contributed by atoms with E-state index in [1.165, 1.54) is 79.0 Å². The van der Waals surface area contributed by atoms with E-state index in [1.54, 1.807) is 0 Å². The molecule has 57 heavy (non-hydrogen) atoms. The zero-order chi connectivity index (χ0) is 37.5. The highest BCUT2D eigenvalue weighted by Crippen LogP contribution is 2.44. The average Bonchev–Trinajstić information content (AvgIpc) is 3.95. The lowest BCUT2D eigenvalue weighted by Gasteiger charge is -2.09. The molecule has 4 nitrogen and oxygen atoms in total. The molecule has 6 heteroatoms. The molecule has 0 radical (unpaired) electrons. The first-order valence-electron chi connectivity index (χ1n) is 19.0. The highest BCUT2D eigenvalue weighted by molar-refractivity contribution is 7.26. The van der Waals surface area contributed by atoms with Gasteiger partial charge in [0.2, 0.25) is 0 Å². The number of thiophene rings is 2. The van der Waals surface area contributed by atoms with Crippen LogP contribution < -0.4 is 0 Å². The zero-order valence-corrected chi connectivity index (χ0v) is 32.1. The summed E-state index contributed by atoms with van der Waals surface area (Å²) >= 11 is 3.69. The van der Waals surface area contributed by atoms with Crippen molar-refractivity contribution in [3.63, 3.8) is 0 Å². The number of aromatic nitrogens is 4. The molecule has 0 saturated heterocycles. The van der Waals surface area contributed by atoms with Crippen LogP contribution in [0.25, 0.3) is 113 Å². The molecule has 0 fully saturated rings. The molecule has 0 spiro atoms. The van der Waals surface area contributed by atoms with Crippen molar-refractivity contribution in [3.05, 3.63) is 182 Å². The number of rotatable bonds is 5. The molecule has 0 atom stereocenters. The third-order valence-electron chi connectivity index (χ3n) is 11.1. The third kappa shape index (κ3) is 5.22. The van der Waals surface area contributed by atoms with Crippen LogP contribution in [0.3, 0.4) is 0 Å². The molecule has 0 aliphatic heterocycles. The van der Waals surface area contributed by atoms with E-state index < -0.39 is 0 Å². The van der Waals surface area contributed by atoms with Gasteiger partial charge in [-0.05, 0) is 59.7 Å². The Morgan fingerprint density at radius 3 is 1.60 bits per heavy atom. The highest BCUT2D eigenvalue weighted by atomic mass is 32.1. The van der Waals surface area contributed by atoms with Crippen molar-refractivity contribution in [1.82, 2.24) is 19.5 Å². The summed E-state index contributed by atoms with van der Waals surface area (Å²) in [5, 5.41) is 7.65. The van der Waals surface area contributed by atoms with Crippen molar-refractivity contribution in [2.45, 2.75) is 0 Å². The van der Waals surface area contributed by atoms with Gasteiger partial charge < -0.3 is 4.57 Å². The van der Waals surface area contributed by atoms with Crippen molar-refractivity contribution in [2.24, 2.45) is 0 Å². The summed E-state index contributed by atoms with van der Waals surface area (Å²) in [7, 11) is 0. The summed E-state index contributed by atoms with van der Waals surface area (Å²) in [4.78, 5) is 14.9. The fraction of sp³-hybridized carbons (Fsp3) is 0. The molecular weight excluding hydrogens is 733 g/mol. The zero-order valence-electron chi connectivity index (χ0n) is 30.4. The Kier molecular flexibility index (Phi) is 7.24. The molecule has 4 aromatic heterocycles. The largest absolute Gasteiger partial charge is 0.309 e. The predicted octanol–water partition coefficient (Wildman–Crippen LogP) is 14.4. The van der Waals surface area contributed by atoms with E-state index in [-0.39, 0.29) is 0 Å². The van der Waals surface area contributed by atoms with E-state index in [4.69, 9.17) is 15.0 Å². The predicted molar refractivity (Wildman–Crippen MR) is 242 cm³/mol.